The summed E-state index contributed by atoms with van der Waals surface area (Å²) in [4.78, 5) is 27.8. The van der Waals surface area contributed by atoms with Crippen molar-refractivity contribution in [1.82, 2.24) is 14.8 Å². The first-order chi connectivity index (χ1) is 15.6. The van der Waals surface area contributed by atoms with Gasteiger partial charge in [-0.05, 0) is 29.7 Å². The zero-order valence-corrected chi connectivity index (χ0v) is 18.0. The van der Waals surface area contributed by atoms with Crippen molar-refractivity contribution < 1.29 is 9.59 Å². The summed E-state index contributed by atoms with van der Waals surface area (Å²) in [5, 5.41) is 4.08. The molecule has 5 rings (SSSR count). The van der Waals surface area contributed by atoms with Crippen LogP contribution in [-0.4, -0.2) is 34.4 Å². The van der Waals surface area contributed by atoms with Crippen LogP contribution in [0, 0.1) is 0 Å². The minimum absolute atomic E-state index is 0.0240. The van der Waals surface area contributed by atoms with E-state index in [0.29, 0.717) is 12.1 Å². The molecule has 5 heteroatoms. The molecular weight excluding hydrogens is 398 g/mol. The molecule has 0 aliphatic carbocycles. The Kier molecular flexibility index (Phi) is 5.23. The largest absolute Gasteiger partial charge is 0.354 e. The van der Waals surface area contributed by atoms with Crippen LogP contribution in [0.2, 0.25) is 0 Å². The predicted molar refractivity (Wildman–Crippen MR) is 125 cm³/mol. The zero-order chi connectivity index (χ0) is 22.1. The van der Waals surface area contributed by atoms with Gasteiger partial charge in [0.05, 0.1) is 6.04 Å². The van der Waals surface area contributed by atoms with Gasteiger partial charge in [0.25, 0.3) is 5.91 Å². The Morgan fingerprint density at radius 1 is 0.906 bits per heavy atom. The Morgan fingerprint density at radius 3 is 2.47 bits per heavy atom. The lowest BCUT2D eigenvalue weighted by Gasteiger charge is -2.25. The second-order valence-electron chi connectivity index (χ2n) is 8.22. The van der Waals surface area contributed by atoms with Gasteiger partial charge in [0.15, 0.2) is 0 Å². The molecule has 2 heterocycles. The average molecular weight is 424 g/mol. The number of hydrogen-bond acceptors (Lipinski definition) is 2. The van der Waals surface area contributed by atoms with Gasteiger partial charge in [0, 0.05) is 41.8 Å². The van der Waals surface area contributed by atoms with Crippen LogP contribution in [0.25, 0.3) is 10.9 Å². The molecule has 0 unspecified atom stereocenters. The van der Waals surface area contributed by atoms with Gasteiger partial charge in [0.1, 0.15) is 6.54 Å². The fourth-order valence-corrected chi connectivity index (χ4v) is 4.66. The lowest BCUT2D eigenvalue weighted by molar-refractivity contribution is -0.122. The Labute approximate surface area is 187 Å². The monoisotopic (exact) mass is 423 g/mol. The third kappa shape index (κ3) is 3.56. The SMILES string of the molecule is Cn1cc([C@@H]2c3ccccc3C(=O)N2CC(=O)NCCc2ccccc2)c2ccccc21. The molecule has 0 bridgehead atoms. The van der Waals surface area contributed by atoms with Crippen LogP contribution in [0.1, 0.15) is 33.1 Å². The van der Waals surface area contributed by atoms with E-state index in [4.69, 9.17) is 0 Å². The second-order valence-corrected chi connectivity index (χ2v) is 8.22. The van der Waals surface area contributed by atoms with Crippen molar-refractivity contribution >= 4 is 22.7 Å². The van der Waals surface area contributed by atoms with E-state index in [1.807, 2.05) is 73.8 Å². The van der Waals surface area contributed by atoms with Crippen molar-refractivity contribution in [3.05, 3.63) is 107 Å². The number of para-hydroxylation sites is 1. The van der Waals surface area contributed by atoms with Crippen LogP contribution in [0.4, 0.5) is 0 Å². The minimum atomic E-state index is -0.287. The summed E-state index contributed by atoms with van der Waals surface area (Å²) in [6.45, 7) is 0.562. The molecule has 0 fully saturated rings. The molecule has 4 aromatic rings. The maximum Gasteiger partial charge on any atom is 0.255 e. The van der Waals surface area contributed by atoms with Gasteiger partial charge in [0.2, 0.25) is 5.91 Å². The zero-order valence-electron chi connectivity index (χ0n) is 18.0. The first kappa shape index (κ1) is 20.1. The first-order valence-corrected chi connectivity index (χ1v) is 10.9. The number of aromatic nitrogens is 1. The maximum atomic E-state index is 13.3. The maximum absolute atomic E-state index is 13.3. The molecule has 32 heavy (non-hydrogen) atoms. The van der Waals surface area contributed by atoms with E-state index in [1.165, 1.54) is 5.56 Å². The summed E-state index contributed by atoms with van der Waals surface area (Å²) < 4.78 is 2.08. The van der Waals surface area contributed by atoms with E-state index >= 15 is 0 Å². The number of benzene rings is 3. The molecule has 1 atom stereocenters. The molecule has 0 radical (unpaired) electrons. The number of hydrogen-bond donors (Lipinski definition) is 1. The predicted octanol–water partition coefficient (Wildman–Crippen LogP) is 4.08. The third-order valence-electron chi connectivity index (χ3n) is 6.17. The Morgan fingerprint density at radius 2 is 1.62 bits per heavy atom. The van der Waals surface area contributed by atoms with Crippen LogP contribution in [0.3, 0.4) is 0 Å². The van der Waals surface area contributed by atoms with Gasteiger partial charge in [-0.3, -0.25) is 9.59 Å². The molecule has 0 saturated carbocycles. The molecule has 3 aromatic carbocycles. The summed E-state index contributed by atoms with van der Waals surface area (Å²) >= 11 is 0. The van der Waals surface area contributed by atoms with Crippen LogP contribution in [-0.2, 0) is 18.3 Å². The molecule has 1 aliphatic heterocycles. The summed E-state index contributed by atoms with van der Waals surface area (Å²) in [5.41, 5.74) is 4.93. The Bertz CT molecular complexity index is 1290. The highest BCUT2D eigenvalue weighted by Crippen LogP contribution is 2.41. The topological polar surface area (TPSA) is 54.3 Å². The molecule has 1 aliphatic rings. The quantitative estimate of drug-likeness (QED) is 0.508. The van der Waals surface area contributed by atoms with Crippen LogP contribution in [0.15, 0.2) is 85.1 Å². The fraction of sp³-hybridized carbons (Fsp3) is 0.185. The number of carbonyl (C=O) groups is 2. The molecule has 5 nitrogen and oxygen atoms in total. The van der Waals surface area contributed by atoms with E-state index in [1.54, 1.807) is 4.90 Å². The van der Waals surface area contributed by atoms with Crippen molar-refractivity contribution in [3.63, 3.8) is 0 Å². The van der Waals surface area contributed by atoms with Gasteiger partial charge in [-0.15, -0.1) is 0 Å². The minimum Gasteiger partial charge on any atom is -0.354 e. The Hall–Kier alpha value is -3.86. The van der Waals surface area contributed by atoms with Gasteiger partial charge in [-0.1, -0.05) is 66.7 Å². The standard InChI is InChI=1S/C27H25N3O2/c1-29-17-23(20-11-7-8-14-24(20)29)26-21-12-5-6-13-22(21)27(32)30(26)18-25(31)28-16-15-19-9-3-2-4-10-19/h2-14,17,26H,15-16,18H2,1H3,(H,28,31)/t26-/m0/s1. The lowest BCUT2D eigenvalue weighted by Crippen LogP contribution is -2.40. The molecule has 2 amide bonds. The number of nitrogens with zero attached hydrogens (tertiary/aromatic N) is 2. The normalized spacial score (nSPS) is 15.2. The first-order valence-electron chi connectivity index (χ1n) is 10.9. The van der Waals surface area contributed by atoms with Crippen LogP contribution in [0.5, 0.6) is 0 Å². The van der Waals surface area contributed by atoms with Gasteiger partial charge >= 0.3 is 0 Å². The van der Waals surface area contributed by atoms with E-state index in [9.17, 15) is 9.59 Å². The molecule has 1 aromatic heterocycles. The van der Waals surface area contributed by atoms with Crippen molar-refractivity contribution in [3.8, 4) is 0 Å². The molecular formula is C27H25N3O2. The molecule has 0 saturated heterocycles. The lowest BCUT2D eigenvalue weighted by atomic mass is 9.97. The number of carbonyl (C=O) groups excluding carboxylic acids is 2. The highest BCUT2D eigenvalue weighted by atomic mass is 16.2. The molecule has 160 valence electrons. The van der Waals surface area contributed by atoms with Gasteiger partial charge in [-0.2, -0.15) is 0 Å². The van der Waals surface area contributed by atoms with E-state index in [0.717, 1.165) is 28.5 Å². The number of amides is 2. The van der Waals surface area contributed by atoms with Crippen LogP contribution >= 0.6 is 0 Å². The summed E-state index contributed by atoms with van der Waals surface area (Å²) in [6, 6.07) is 25.6. The Balaban J connectivity index is 1.41. The highest BCUT2D eigenvalue weighted by Gasteiger charge is 2.39. The summed E-state index contributed by atoms with van der Waals surface area (Å²) in [5.74, 6) is -0.246. The molecule has 0 spiro atoms. The van der Waals surface area contributed by atoms with Gasteiger partial charge in [-0.25, -0.2) is 0 Å². The number of fused-ring (bicyclic) bond motifs is 2. The van der Waals surface area contributed by atoms with E-state index in [2.05, 4.69) is 28.2 Å². The van der Waals surface area contributed by atoms with E-state index < -0.39 is 0 Å². The van der Waals surface area contributed by atoms with Crippen molar-refractivity contribution in [2.75, 3.05) is 13.1 Å². The van der Waals surface area contributed by atoms with Crippen LogP contribution < -0.4 is 5.32 Å². The van der Waals surface area contributed by atoms with Crippen molar-refractivity contribution in [1.29, 1.82) is 0 Å². The fourth-order valence-electron chi connectivity index (χ4n) is 4.66. The number of nitrogens with one attached hydrogen (secondary N) is 1. The van der Waals surface area contributed by atoms with E-state index in [-0.39, 0.29) is 24.4 Å². The van der Waals surface area contributed by atoms with Gasteiger partial charge < -0.3 is 14.8 Å². The smallest absolute Gasteiger partial charge is 0.255 e. The summed E-state index contributed by atoms with van der Waals surface area (Å²) in [6.07, 6.45) is 2.83. The number of rotatable bonds is 6. The van der Waals surface area contributed by atoms with Crippen molar-refractivity contribution in [2.24, 2.45) is 7.05 Å². The molecule has 1 N–H and O–H groups in total. The second kappa shape index (κ2) is 8.35. The average Bonchev–Trinajstić information content (AvgIpc) is 3.29. The highest BCUT2D eigenvalue weighted by molar-refractivity contribution is 6.02. The van der Waals surface area contributed by atoms with Crippen molar-refractivity contribution in [2.45, 2.75) is 12.5 Å². The number of aryl methyl sites for hydroxylation is 1. The summed E-state index contributed by atoms with van der Waals surface area (Å²) in [7, 11) is 2.01. The third-order valence-corrected chi connectivity index (χ3v) is 6.17.